The molecule has 0 bridgehead atoms. The maximum absolute atomic E-state index is 7.00. The largest absolute Gasteiger partial charge is 0.458 e. The highest BCUT2D eigenvalue weighted by Crippen LogP contribution is 2.45. The van der Waals surface area contributed by atoms with E-state index in [-0.39, 0.29) is 12.1 Å². The Bertz CT molecular complexity index is 2600. The van der Waals surface area contributed by atoms with Crippen LogP contribution in [-0.2, 0) is 11.8 Å². The minimum Gasteiger partial charge on any atom is -0.458 e. The molecule has 232 valence electrons. The number of fused-ring (bicyclic) bond motifs is 7. The van der Waals surface area contributed by atoms with Crippen molar-refractivity contribution in [2.45, 2.75) is 32.6 Å². The van der Waals surface area contributed by atoms with Crippen LogP contribution >= 0.6 is 0 Å². The molecule has 0 aliphatic carbocycles. The van der Waals surface area contributed by atoms with Crippen molar-refractivity contribution in [3.05, 3.63) is 162 Å². The molecule has 0 unspecified atom stereocenters. The van der Waals surface area contributed by atoms with Crippen molar-refractivity contribution < 1.29 is 4.74 Å². The van der Waals surface area contributed by atoms with Gasteiger partial charge in [0.05, 0.1) is 0 Å². The van der Waals surface area contributed by atoms with Crippen molar-refractivity contribution in [2.24, 2.45) is 0 Å². The van der Waals surface area contributed by atoms with Gasteiger partial charge in [0, 0.05) is 0 Å². The van der Waals surface area contributed by atoms with E-state index >= 15 is 0 Å². The van der Waals surface area contributed by atoms with Crippen molar-refractivity contribution in [2.75, 3.05) is 0 Å². The van der Waals surface area contributed by atoms with Gasteiger partial charge in [0.2, 0.25) is 0 Å². The molecule has 8 aromatic carbocycles. The van der Waals surface area contributed by atoms with Crippen molar-refractivity contribution in [3.63, 3.8) is 0 Å². The lowest BCUT2D eigenvalue weighted by molar-refractivity contribution is 0.483. The minimum absolute atomic E-state index is 0.0285. The normalized spacial score (nSPS) is 13.2. The van der Waals surface area contributed by atoms with Crippen LogP contribution in [0, 0.1) is 0 Å². The topological polar surface area (TPSA) is 9.23 Å². The Hall–Kier alpha value is -5.60. The van der Waals surface area contributed by atoms with E-state index in [1.807, 2.05) is 0 Å². The fourth-order valence-corrected chi connectivity index (χ4v) is 8.59. The smallest absolute Gasteiger partial charge is 0.251 e. The summed E-state index contributed by atoms with van der Waals surface area (Å²) in [6, 6.07) is 54.1. The summed E-state index contributed by atoms with van der Waals surface area (Å²) in [5, 5.41) is 7.57. The minimum atomic E-state index is 0.0285. The number of rotatable bonds is 2. The molecule has 49 heavy (non-hydrogen) atoms. The SMILES string of the molecule is CC(C)(C)c1ccc2c(c1)Oc1cc(-c3c4ccccc4c(-c4ccc5ccccc5c4)c4ccccc34)cc3c1B2c1ccccc1C3. The highest BCUT2D eigenvalue weighted by Gasteiger charge is 2.39. The van der Waals surface area contributed by atoms with Gasteiger partial charge in [0.25, 0.3) is 6.71 Å². The zero-order valence-electron chi connectivity index (χ0n) is 28.0. The van der Waals surface area contributed by atoms with Crippen LogP contribution in [0.25, 0.3) is 54.6 Å². The summed E-state index contributed by atoms with van der Waals surface area (Å²) in [6.45, 7) is 6.98. The number of benzene rings is 8. The second-order valence-electron chi connectivity index (χ2n) is 14.9. The molecule has 0 N–H and O–H groups in total. The molecule has 8 aromatic rings. The second-order valence-corrected chi connectivity index (χ2v) is 14.9. The van der Waals surface area contributed by atoms with E-state index in [1.54, 1.807) is 0 Å². The van der Waals surface area contributed by atoms with Crippen molar-refractivity contribution in [1.82, 2.24) is 0 Å². The first-order valence-electron chi connectivity index (χ1n) is 17.4. The predicted octanol–water partition coefficient (Wildman–Crippen LogP) is 10.3. The fraction of sp³-hybridized carbons (Fsp3) is 0.106. The molecule has 0 amide bonds. The second kappa shape index (κ2) is 10.5. The summed E-state index contributed by atoms with van der Waals surface area (Å²) >= 11 is 0. The summed E-state index contributed by atoms with van der Waals surface area (Å²) < 4.78 is 7.00. The van der Waals surface area contributed by atoms with Crippen molar-refractivity contribution >= 4 is 55.4 Å². The fourth-order valence-electron chi connectivity index (χ4n) is 8.59. The molecule has 0 spiro atoms. The zero-order chi connectivity index (χ0) is 32.9. The molecule has 0 saturated heterocycles. The maximum Gasteiger partial charge on any atom is 0.251 e. The van der Waals surface area contributed by atoms with E-state index in [9.17, 15) is 0 Å². The number of ether oxygens (including phenoxy) is 1. The van der Waals surface area contributed by atoms with E-state index in [0.29, 0.717) is 0 Å². The predicted molar refractivity (Wildman–Crippen MR) is 209 cm³/mol. The van der Waals surface area contributed by atoms with Gasteiger partial charge in [-0.2, -0.15) is 0 Å². The third kappa shape index (κ3) is 4.33. The molecule has 0 radical (unpaired) electrons. The van der Waals surface area contributed by atoms with E-state index in [0.717, 1.165) is 17.9 Å². The third-order valence-corrected chi connectivity index (χ3v) is 10.9. The standard InChI is InChI=1S/C47H35BO/c1-47(2,3)35-22-23-41-42(28-35)49-43-27-33(26-34-25-31-14-6-11-19-40(31)48(41)46(34)43)45-38-17-9-7-15-36(38)44(37-16-8-10-18-39(37)45)32-21-20-29-12-4-5-13-30(29)24-32/h4-24,26-28H,25H2,1-3H3. The lowest BCUT2D eigenvalue weighted by atomic mass is 9.32. The van der Waals surface area contributed by atoms with E-state index < -0.39 is 0 Å². The Morgan fingerprint density at radius 2 is 1.12 bits per heavy atom. The van der Waals surface area contributed by atoms with E-state index in [4.69, 9.17) is 4.74 Å². The van der Waals surface area contributed by atoms with Crippen LogP contribution in [0.5, 0.6) is 11.5 Å². The van der Waals surface area contributed by atoms with Crippen LogP contribution in [0.4, 0.5) is 0 Å². The molecule has 0 atom stereocenters. The van der Waals surface area contributed by atoms with Gasteiger partial charge in [-0.15, -0.1) is 0 Å². The quantitative estimate of drug-likeness (QED) is 0.137. The first-order chi connectivity index (χ1) is 23.9. The highest BCUT2D eigenvalue weighted by atomic mass is 16.5. The average molecular weight is 627 g/mol. The van der Waals surface area contributed by atoms with Gasteiger partial charge >= 0.3 is 0 Å². The summed E-state index contributed by atoms with van der Waals surface area (Å²) in [7, 11) is 0. The molecule has 2 heteroatoms. The monoisotopic (exact) mass is 626 g/mol. The number of hydrogen-bond donors (Lipinski definition) is 0. The van der Waals surface area contributed by atoms with Gasteiger partial charge in [-0.25, -0.2) is 0 Å². The van der Waals surface area contributed by atoms with Crippen LogP contribution in [0.1, 0.15) is 37.5 Å². The maximum atomic E-state index is 7.00. The molecule has 1 nitrogen and oxygen atoms in total. The van der Waals surface area contributed by atoms with E-state index in [2.05, 4.69) is 166 Å². The molecular weight excluding hydrogens is 591 g/mol. The molecule has 2 aliphatic rings. The summed E-state index contributed by atoms with van der Waals surface area (Å²) in [4.78, 5) is 0. The summed E-state index contributed by atoms with van der Waals surface area (Å²) in [5.74, 6) is 1.96. The van der Waals surface area contributed by atoms with Gasteiger partial charge in [0.15, 0.2) is 0 Å². The molecule has 0 fully saturated rings. The molecule has 2 heterocycles. The first-order valence-corrected chi connectivity index (χ1v) is 17.4. The highest BCUT2D eigenvalue weighted by molar-refractivity contribution is 6.97. The first kappa shape index (κ1) is 28.4. The summed E-state index contributed by atoms with van der Waals surface area (Å²) in [5.41, 5.74) is 13.1. The third-order valence-electron chi connectivity index (χ3n) is 10.9. The van der Waals surface area contributed by atoms with Crippen molar-refractivity contribution in [1.29, 1.82) is 0 Å². The van der Waals surface area contributed by atoms with Gasteiger partial charge in [0.1, 0.15) is 11.5 Å². The van der Waals surface area contributed by atoms with Crippen LogP contribution in [0.3, 0.4) is 0 Å². The van der Waals surface area contributed by atoms with Gasteiger partial charge in [-0.05, 0) is 112 Å². The Labute approximate surface area is 287 Å². The lowest BCUT2D eigenvalue weighted by Crippen LogP contribution is -2.59. The lowest BCUT2D eigenvalue weighted by Gasteiger charge is -2.35. The van der Waals surface area contributed by atoms with Crippen molar-refractivity contribution in [3.8, 4) is 33.8 Å². The molecular formula is C47H35BO. The Balaban J connectivity index is 1.24. The van der Waals surface area contributed by atoms with Crippen LogP contribution in [0.15, 0.2) is 146 Å². The van der Waals surface area contributed by atoms with Gasteiger partial charge < -0.3 is 4.74 Å². The summed E-state index contributed by atoms with van der Waals surface area (Å²) in [6.07, 6.45) is 0.895. The molecule has 0 saturated carbocycles. The number of hydrogen-bond acceptors (Lipinski definition) is 1. The van der Waals surface area contributed by atoms with E-state index in [1.165, 1.54) is 87.6 Å². The van der Waals surface area contributed by atoms with Gasteiger partial charge in [-0.3, -0.25) is 0 Å². The zero-order valence-corrected chi connectivity index (χ0v) is 28.0. The van der Waals surface area contributed by atoms with Crippen LogP contribution < -0.4 is 21.1 Å². The van der Waals surface area contributed by atoms with Crippen LogP contribution in [-0.4, -0.2) is 6.71 Å². The Morgan fingerprint density at radius 3 is 1.84 bits per heavy atom. The molecule has 0 aromatic heterocycles. The average Bonchev–Trinajstić information content (AvgIpc) is 3.12. The van der Waals surface area contributed by atoms with Crippen LogP contribution in [0.2, 0.25) is 0 Å². The van der Waals surface area contributed by atoms with Gasteiger partial charge in [-0.1, -0.05) is 154 Å². The molecule has 10 rings (SSSR count). The Kier molecular flexibility index (Phi) is 6.06. The molecule has 2 aliphatic heterocycles. The Morgan fingerprint density at radius 1 is 0.490 bits per heavy atom.